The van der Waals surface area contributed by atoms with Crippen LogP contribution in [0.25, 0.3) is 22.2 Å². The fourth-order valence-electron chi connectivity index (χ4n) is 3.43. The summed E-state index contributed by atoms with van der Waals surface area (Å²) in [5, 5.41) is 3.85. The van der Waals surface area contributed by atoms with Gasteiger partial charge in [0, 0.05) is 23.2 Å². The second kappa shape index (κ2) is 7.51. The monoisotopic (exact) mass is 412 g/mol. The minimum absolute atomic E-state index is 0.00626. The number of rotatable bonds is 7. The standard InChI is InChI=1S/C21H24N4O3S/c1-3-10-29(27,28)25-15-6-7-16(13(2)11-15)18-12-19(24-21(26)14-4-5-14)23-20-17(18)8-9-22-20/h6-9,11-12,14,25H,3-5,10H2,1-2H3,(H2,22,23,24,26). The molecule has 1 amide bonds. The number of carbonyl (C=O) groups is 1. The molecule has 0 saturated heterocycles. The molecule has 0 radical (unpaired) electrons. The van der Waals surface area contributed by atoms with Gasteiger partial charge in [-0.3, -0.25) is 9.52 Å². The van der Waals surface area contributed by atoms with Crippen LogP contribution >= 0.6 is 0 Å². The molecule has 29 heavy (non-hydrogen) atoms. The lowest BCUT2D eigenvalue weighted by Crippen LogP contribution is -2.16. The van der Waals surface area contributed by atoms with Gasteiger partial charge in [-0.2, -0.15) is 0 Å². The van der Waals surface area contributed by atoms with Crippen LogP contribution in [0.2, 0.25) is 0 Å². The number of benzene rings is 1. The van der Waals surface area contributed by atoms with E-state index in [1.807, 2.05) is 44.3 Å². The van der Waals surface area contributed by atoms with Gasteiger partial charge in [-0.1, -0.05) is 13.0 Å². The number of aryl methyl sites for hydroxylation is 1. The Bertz CT molecular complexity index is 1180. The molecule has 3 aromatic rings. The van der Waals surface area contributed by atoms with Gasteiger partial charge in [0.2, 0.25) is 15.9 Å². The summed E-state index contributed by atoms with van der Waals surface area (Å²) < 4.78 is 26.7. The van der Waals surface area contributed by atoms with Gasteiger partial charge in [0.15, 0.2) is 0 Å². The van der Waals surface area contributed by atoms with E-state index in [4.69, 9.17) is 0 Å². The summed E-state index contributed by atoms with van der Waals surface area (Å²) in [7, 11) is -3.34. The Morgan fingerprint density at radius 1 is 1.21 bits per heavy atom. The number of aromatic amines is 1. The van der Waals surface area contributed by atoms with Crippen LogP contribution in [0.5, 0.6) is 0 Å². The van der Waals surface area contributed by atoms with Gasteiger partial charge in [-0.15, -0.1) is 0 Å². The number of nitrogens with one attached hydrogen (secondary N) is 3. The number of hydrogen-bond donors (Lipinski definition) is 3. The number of nitrogens with zero attached hydrogens (tertiary/aromatic N) is 1. The number of fused-ring (bicyclic) bond motifs is 1. The fraction of sp³-hybridized carbons (Fsp3) is 0.333. The number of sulfonamides is 1. The summed E-state index contributed by atoms with van der Waals surface area (Å²) in [4.78, 5) is 19.8. The minimum Gasteiger partial charge on any atom is -0.346 e. The van der Waals surface area contributed by atoms with Crippen LogP contribution in [-0.2, 0) is 14.8 Å². The van der Waals surface area contributed by atoms with Crippen LogP contribution in [0, 0.1) is 12.8 Å². The molecule has 0 aliphatic heterocycles. The SMILES string of the molecule is CCCS(=O)(=O)Nc1ccc(-c2cc(NC(=O)C3CC3)nc3[nH]ccc23)c(C)c1. The molecule has 1 saturated carbocycles. The van der Waals surface area contributed by atoms with E-state index in [0.29, 0.717) is 23.6 Å². The first kappa shape index (κ1) is 19.4. The third-order valence-corrected chi connectivity index (χ3v) is 6.48. The predicted molar refractivity (Wildman–Crippen MR) is 115 cm³/mol. The van der Waals surface area contributed by atoms with Crippen LogP contribution in [-0.4, -0.2) is 30.0 Å². The Hall–Kier alpha value is -2.87. The third-order valence-electron chi connectivity index (χ3n) is 4.99. The number of amides is 1. The third kappa shape index (κ3) is 4.27. The van der Waals surface area contributed by atoms with Crippen LogP contribution in [0.15, 0.2) is 36.5 Å². The van der Waals surface area contributed by atoms with Gasteiger partial charge < -0.3 is 10.3 Å². The summed E-state index contributed by atoms with van der Waals surface area (Å²) >= 11 is 0. The number of H-pyrrole nitrogens is 1. The van der Waals surface area contributed by atoms with Crippen molar-refractivity contribution in [2.45, 2.75) is 33.1 Å². The van der Waals surface area contributed by atoms with E-state index in [-0.39, 0.29) is 17.6 Å². The molecule has 152 valence electrons. The summed E-state index contributed by atoms with van der Waals surface area (Å²) in [5.74, 6) is 0.703. The Labute approximate surface area is 170 Å². The highest BCUT2D eigenvalue weighted by Crippen LogP contribution is 2.34. The average molecular weight is 413 g/mol. The highest BCUT2D eigenvalue weighted by atomic mass is 32.2. The van der Waals surface area contributed by atoms with Gasteiger partial charge in [0.1, 0.15) is 11.5 Å². The zero-order valence-electron chi connectivity index (χ0n) is 16.5. The zero-order chi connectivity index (χ0) is 20.6. The van der Waals surface area contributed by atoms with Gasteiger partial charge in [0.25, 0.3) is 0 Å². The maximum absolute atomic E-state index is 12.2. The van der Waals surface area contributed by atoms with Crippen LogP contribution in [0.4, 0.5) is 11.5 Å². The smallest absolute Gasteiger partial charge is 0.232 e. The number of carbonyl (C=O) groups excluding carboxylic acids is 1. The normalized spacial score (nSPS) is 14.1. The maximum Gasteiger partial charge on any atom is 0.232 e. The molecule has 7 nitrogen and oxygen atoms in total. The molecule has 2 aromatic heterocycles. The lowest BCUT2D eigenvalue weighted by molar-refractivity contribution is -0.117. The molecule has 0 unspecified atom stereocenters. The van der Waals surface area contributed by atoms with E-state index in [1.54, 1.807) is 6.07 Å². The lowest BCUT2D eigenvalue weighted by Gasteiger charge is -2.13. The van der Waals surface area contributed by atoms with E-state index in [2.05, 4.69) is 20.0 Å². The second-order valence-electron chi connectivity index (χ2n) is 7.51. The Morgan fingerprint density at radius 3 is 2.69 bits per heavy atom. The first-order valence-electron chi connectivity index (χ1n) is 9.77. The Balaban J connectivity index is 1.70. The number of hydrogen-bond acceptors (Lipinski definition) is 4. The van der Waals surface area contributed by atoms with Crippen molar-refractivity contribution < 1.29 is 13.2 Å². The lowest BCUT2D eigenvalue weighted by atomic mass is 9.98. The molecule has 0 spiro atoms. The molecule has 0 atom stereocenters. The van der Waals surface area contributed by atoms with Crippen molar-refractivity contribution in [3.05, 3.63) is 42.1 Å². The Kier molecular flexibility index (Phi) is 5.04. The van der Waals surface area contributed by atoms with Crippen molar-refractivity contribution in [3.8, 4) is 11.1 Å². The molecule has 1 aliphatic rings. The van der Waals surface area contributed by atoms with Crippen molar-refractivity contribution in [1.82, 2.24) is 9.97 Å². The van der Waals surface area contributed by atoms with E-state index in [1.165, 1.54) is 0 Å². The number of pyridine rings is 1. The molecule has 2 heterocycles. The van der Waals surface area contributed by atoms with Gasteiger partial charge in [-0.25, -0.2) is 13.4 Å². The fourth-order valence-corrected chi connectivity index (χ4v) is 4.55. The molecule has 8 heteroatoms. The molecule has 1 fully saturated rings. The second-order valence-corrected chi connectivity index (χ2v) is 9.35. The zero-order valence-corrected chi connectivity index (χ0v) is 17.3. The summed E-state index contributed by atoms with van der Waals surface area (Å²) in [5.41, 5.74) is 4.05. The molecule has 0 bridgehead atoms. The predicted octanol–water partition coefficient (Wildman–Crippen LogP) is 4.04. The van der Waals surface area contributed by atoms with E-state index < -0.39 is 10.0 Å². The van der Waals surface area contributed by atoms with E-state index >= 15 is 0 Å². The molecule has 3 N–H and O–H groups in total. The number of anilines is 2. The highest BCUT2D eigenvalue weighted by molar-refractivity contribution is 7.92. The van der Waals surface area contributed by atoms with Crippen molar-refractivity contribution in [2.24, 2.45) is 5.92 Å². The first-order valence-corrected chi connectivity index (χ1v) is 11.4. The minimum atomic E-state index is -3.34. The van der Waals surface area contributed by atoms with Gasteiger partial charge >= 0.3 is 0 Å². The van der Waals surface area contributed by atoms with Crippen molar-refractivity contribution in [3.63, 3.8) is 0 Å². The molecular weight excluding hydrogens is 388 g/mol. The largest absolute Gasteiger partial charge is 0.346 e. The van der Waals surface area contributed by atoms with Crippen molar-refractivity contribution >= 4 is 38.5 Å². The average Bonchev–Trinajstić information content (AvgIpc) is 3.39. The van der Waals surface area contributed by atoms with Gasteiger partial charge in [0.05, 0.1) is 5.75 Å². The highest BCUT2D eigenvalue weighted by Gasteiger charge is 2.30. The van der Waals surface area contributed by atoms with Crippen molar-refractivity contribution in [2.75, 3.05) is 15.8 Å². The molecule has 1 aliphatic carbocycles. The van der Waals surface area contributed by atoms with Crippen LogP contribution in [0.3, 0.4) is 0 Å². The van der Waals surface area contributed by atoms with E-state index in [0.717, 1.165) is 34.9 Å². The quantitative estimate of drug-likeness (QED) is 0.545. The van der Waals surface area contributed by atoms with Crippen LogP contribution < -0.4 is 10.0 Å². The molecule has 1 aromatic carbocycles. The molecular formula is C21H24N4O3S. The number of aromatic nitrogens is 2. The summed E-state index contributed by atoms with van der Waals surface area (Å²) in [6.45, 7) is 3.77. The maximum atomic E-state index is 12.2. The summed E-state index contributed by atoms with van der Waals surface area (Å²) in [6, 6.07) is 9.30. The Morgan fingerprint density at radius 2 is 2.00 bits per heavy atom. The van der Waals surface area contributed by atoms with Crippen molar-refractivity contribution in [1.29, 1.82) is 0 Å². The van der Waals surface area contributed by atoms with Gasteiger partial charge in [-0.05, 0) is 67.1 Å². The topological polar surface area (TPSA) is 104 Å². The molecule has 4 rings (SSSR count). The van der Waals surface area contributed by atoms with E-state index in [9.17, 15) is 13.2 Å². The first-order chi connectivity index (χ1) is 13.9. The summed E-state index contributed by atoms with van der Waals surface area (Å²) in [6.07, 6.45) is 4.23. The van der Waals surface area contributed by atoms with Crippen LogP contribution in [0.1, 0.15) is 31.7 Å².